The number of carbonyl (C=O) groups is 1. The molecule has 150 valence electrons. The lowest BCUT2D eigenvalue weighted by molar-refractivity contribution is -0.385. The average molecular weight is 438 g/mol. The molecule has 0 saturated carbocycles. The number of thiocarbonyl (C=S) groups is 1. The van der Waals surface area contributed by atoms with E-state index >= 15 is 0 Å². The number of benzene rings is 2. The van der Waals surface area contributed by atoms with E-state index in [0.29, 0.717) is 26.0 Å². The highest BCUT2D eigenvalue weighted by molar-refractivity contribution is 8.26. The fraction of sp³-hybridized carbons (Fsp3) is 0.0500. The minimum atomic E-state index is -0.507. The lowest BCUT2D eigenvalue weighted by atomic mass is 10.1. The third-order valence-corrected chi connectivity index (χ3v) is 5.50. The van der Waals surface area contributed by atoms with Gasteiger partial charge in [-0.2, -0.15) is 5.10 Å². The second-order valence-corrected chi connectivity index (χ2v) is 7.93. The molecule has 1 aromatic heterocycles. The van der Waals surface area contributed by atoms with Crippen LogP contribution in [-0.2, 0) is 4.79 Å². The van der Waals surface area contributed by atoms with Crippen molar-refractivity contribution in [3.63, 3.8) is 0 Å². The molecular formula is C20H14N4O4S2. The van der Waals surface area contributed by atoms with Gasteiger partial charge in [0.1, 0.15) is 10.0 Å². The van der Waals surface area contributed by atoms with Gasteiger partial charge < -0.3 is 10.1 Å². The minimum Gasteiger partial charge on any atom is -0.490 e. The van der Waals surface area contributed by atoms with Crippen molar-refractivity contribution in [2.24, 2.45) is 0 Å². The van der Waals surface area contributed by atoms with Crippen molar-refractivity contribution in [3.8, 4) is 22.7 Å². The van der Waals surface area contributed by atoms with Gasteiger partial charge in [-0.1, -0.05) is 42.2 Å². The van der Waals surface area contributed by atoms with Gasteiger partial charge in [-0.25, -0.2) is 4.68 Å². The fourth-order valence-electron chi connectivity index (χ4n) is 2.97. The van der Waals surface area contributed by atoms with Gasteiger partial charge >= 0.3 is 5.69 Å². The van der Waals surface area contributed by atoms with Crippen LogP contribution in [0.3, 0.4) is 0 Å². The summed E-state index contributed by atoms with van der Waals surface area (Å²) in [5.41, 5.74) is 2.28. The summed E-state index contributed by atoms with van der Waals surface area (Å²) in [6, 6.07) is 14.1. The molecule has 1 aliphatic rings. The third kappa shape index (κ3) is 3.82. The molecule has 0 radical (unpaired) electrons. The van der Waals surface area contributed by atoms with E-state index < -0.39 is 4.92 Å². The second kappa shape index (κ2) is 8.09. The molecule has 0 aliphatic carbocycles. The highest BCUT2D eigenvalue weighted by Gasteiger charge is 2.24. The van der Waals surface area contributed by atoms with E-state index in [4.69, 9.17) is 17.0 Å². The fourth-order valence-corrected chi connectivity index (χ4v) is 4.01. The summed E-state index contributed by atoms with van der Waals surface area (Å²) in [5.74, 6) is -0.133. The first-order valence-electron chi connectivity index (χ1n) is 8.69. The zero-order valence-electron chi connectivity index (χ0n) is 15.6. The third-order valence-electron chi connectivity index (χ3n) is 4.34. The minimum absolute atomic E-state index is 0.155. The Morgan fingerprint density at radius 2 is 2.03 bits per heavy atom. The Kier molecular flexibility index (Phi) is 5.34. The molecule has 1 aliphatic heterocycles. The predicted octanol–water partition coefficient (Wildman–Crippen LogP) is 3.94. The van der Waals surface area contributed by atoms with Crippen LogP contribution in [0.4, 0.5) is 5.69 Å². The van der Waals surface area contributed by atoms with E-state index in [1.54, 1.807) is 23.0 Å². The number of carbonyl (C=O) groups excluding carboxylic acids is 1. The van der Waals surface area contributed by atoms with E-state index in [-0.39, 0.29) is 17.3 Å². The van der Waals surface area contributed by atoms with Crippen LogP contribution in [-0.4, -0.2) is 32.0 Å². The maximum Gasteiger partial charge on any atom is 0.311 e. The largest absolute Gasteiger partial charge is 0.490 e. The molecule has 1 fully saturated rings. The summed E-state index contributed by atoms with van der Waals surface area (Å²) in [4.78, 5) is 23.5. The Bertz CT molecular complexity index is 1200. The van der Waals surface area contributed by atoms with Crippen molar-refractivity contribution >= 4 is 46.0 Å². The number of nitrogens with zero attached hydrogens (tertiary/aromatic N) is 3. The lowest BCUT2D eigenvalue weighted by Crippen LogP contribution is -2.17. The number of amides is 1. The Balaban J connectivity index is 1.88. The van der Waals surface area contributed by atoms with Crippen molar-refractivity contribution in [2.75, 3.05) is 7.11 Å². The number of aromatic nitrogens is 2. The van der Waals surface area contributed by atoms with Gasteiger partial charge in [0.25, 0.3) is 5.91 Å². The predicted molar refractivity (Wildman–Crippen MR) is 119 cm³/mol. The maximum absolute atomic E-state index is 12.1. The first-order valence-corrected chi connectivity index (χ1v) is 9.91. The van der Waals surface area contributed by atoms with Crippen LogP contribution in [0.25, 0.3) is 23.0 Å². The van der Waals surface area contributed by atoms with E-state index in [1.165, 1.54) is 19.2 Å². The number of nitro groups is 1. The molecule has 10 heteroatoms. The van der Waals surface area contributed by atoms with E-state index in [2.05, 4.69) is 10.4 Å². The highest BCUT2D eigenvalue weighted by Crippen LogP contribution is 2.35. The average Bonchev–Trinajstić information content (AvgIpc) is 3.31. The standard InChI is InChI=1S/C20H14N4O4S2/c1-28-16-8-7-12(9-15(16)24(26)27)18-13(10-17-19(25)21-20(29)30-17)11-23(22-18)14-5-3-2-4-6-14/h2-11H,1H3,(H,21,25,29). The van der Waals surface area contributed by atoms with Crippen LogP contribution in [0.5, 0.6) is 5.75 Å². The van der Waals surface area contributed by atoms with Crippen LogP contribution in [0.1, 0.15) is 5.56 Å². The topological polar surface area (TPSA) is 99.3 Å². The number of nitro benzene ring substituents is 1. The SMILES string of the molecule is COc1ccc(-c2nn(-c3ccccc3)cc2C=C2SC(=S)NC2=O)cc1[N+](=O)[O-]. The summed E-state index contributed by atoms with van der Waals surface area (Å²) in [7, 11) is 1.38. The Labute approximate surface area is 180 Å². The second-order valence-electron chi connectivity index (χ2n) is 6.21. The van der Waals surface area contributed by atoms with Crippen molar-refractivity contribution in [3.05, 3.63) is 75.3 Å². The number of para-hydroxylation sites is 1. The molecule has 1 amide bonds. The summed E-state index contributed by atoms with van der Waals surface area (Å²) < 4.78 is 7.12. The number of nitrogens with one attached hydrogen (secondary N) is 1. The van der Waals surface area contributed by atoms with Crippen LogP contribution in [0.15, 0.2) is 59.6 Å². The van der Waals surface area contributed by atoms with E-state index in [9.17, 15) is 14.9 Å². The summed E-state index contributed by atoms with van der Waals surface area (Å²) >= 11 is 6.21. The normalized spacial score (nSPS) is 14.8. The number of thioether (sulfide) groups is 1. The molecule has 0 spiro atoms. The first-order chi connectivity index (χ1) is 14.5. The Hall–Kier alpha value is -3.50. The molecule has 1 N–H and O–H groups in total. The van der Waals surface area contributed by atoms with E-state index in [0.717, 1.165) is 17.4 Å². The monoisotopic (exact) mass is 438 g/mol. The molecule has 3 aromatic rings. The Morgan fingerprint density at radius 1 is 1.27 bits per heavy atom. The molecule has 1 saturated heterocycles. The number of ether oxygens (including phenoxy) is 1. The van der Waals surface area contributed by atoms with Gasteiger partial charge in [0, 0.05) is 23.4 Å². The molecule has 2 aromatic carbocycles. The highest BCUT2D eigenvalue weighted by atomic mass is 32.2. The molecular weight excluding hydrogens is 424 g/mol. The smallest absolute Gasteiger partial charge is 0.311 e. The zero-order valence-corrected chi connectivity index (χ0v) is 17.2. The molecule has 8 nitrogen and oxygen atoms in total. The van der Waals surface area contributed by atoms with Crippen molar-refractivity contribution in [1.29, 1.82) is 0 Å². The number of methoxy groups -OCH3 is 1. The summed E-state index contributed by atoms with van der Waals surface area (Å²) in [6.07, 6.45) is 3.44. The van der Waals surface area contributed by atoms with Crippen LogP contribution in [0.2, 0.25) is 0 Å². The van der Waals surface area contributed by atoms with Gasteiger partial charge in [-0.05, 0) is 30.3 Å². The summed E-state index contributed by atoms with van der Waals surface area (Å²) in [5, 5.41) is 18.7. The van der Waals surface area contributed by atoms with Crippen LogP contribution < -0.4 is 10.1 Å². The Morgan fingerprint density at radius 3 is 2.67 bits per heavy atom. The van der Waals surface area contributed by atoms with Gasteiger partial charge in [0.2, 0.25) is 0 Å². The molecule has 0 bridgehead atoms. The van der Waals surface area contributed by atoms with Gasteiger partial charge in [-0.15, -0.1) is 0 Å². The molecule has 30 heavy (non-hydrogen) atoms. The number of hydrogen-bond donors (Lipinski definition) is 1. The van der Waals surface area contributed by atoms with E-state index in [1.807, 2.05) is 30.3 Å². The van der Waals surface area contributed by atoms with Gasteiger partial charge in [0.05, 0.1) is 22.6 Å². The first kappa shape index (κ1) is 19.8. The quantitative estimate of drug-likeness (QED) is 0.279. The number of hydrogen-bond acceptors (Lipinski definition) is 7. The van der Waals surface area contributed by atoms with Gasteiger partial charge in [0.15, 0.2) is 5.75 Å². The van der Waals surface area contributed by atoms with Crippen molar-refractivity contribution in [1.82, 2.24) is 15.1 Å². The molecule has 4 rings (SSSR count). The van der Waals surface area contributed by atoms with Crippen molar-refractivity contribution < 1.29 is 14.5 Å². The van der Waals surface area contributed by atoms with Crippen LogP contribution in [0, 0.1) is 10.1 Å². The van der Waals surface area contributed by atoms with Crippen LogP contribution >= 0.6 is 24.0 Å². The maximum atomic E-state index is 12.1. The zero-order chi connectivity index (χ0) is 21.3. The van der Waals surface area contributed by atoms with Crippen molar-refractivity contribution in [2.45, 2.75) is 0 Å². The summed E-state index contributed by atoms with van der Waals surface area (Å²) in [6.45, 7) is 0. The van der Waals surface area contributed by atoms with Gasteiger partial charge in [-0.3, -0.25) is 14.9 Å². The number of rotatable bonds is 5. The lowest BCUT2D eigenvalue weighted by Gasteiger charge is -2.04. The molecule has 0 unspecified atom stereocenters. The molecule has 0 atom stereocenters. The molecule has 2 heterocycles.